The highest BCUT2D eigenvalue weighted by atomic mass is 16.4. The Labute approximate surface area is 159 Å². The van der Waals surface area contributed by atoms with Gasteiger partial charge in [-0.05, 0) is 27.2 Å². The lowest BCUT2D eigenvalue weighted by molar-refractivity contribution is -0.132. The van der Waals surface area contributed by atoms with Crippen LogP contribution in [0.3, 0.4) is 0 Å². The molecule has 0 aromatic rings. The number of aliphatic hydroxyl groups excluding tert-OH is 3. The summed E-state index contributed by atoms with van der Waals surface area (Å²) < 4.78 is 0. The van der Waals surface area contributed by atoms with Crippen LogP contribution in [0.2, 0.25) is 0 Å². The number of rotatable bonds is 7. The summed E-state index contributed by atoms with van der Waals surface area (Å²) in [5.41, 5.74) is -0.667. The lowest BCUT2D eigenvalue weighted by atomic mass is 9.88. The Morgan fingerprint density at radius 2 is 0.889 bits per heavy atom. The summed E-state index contributed by atoms with van der Waals surface area (Å²) >= 11 is 0. The first-order valence-electron chi connectivity index (χ1n) is 7.95. The molecule has 9 nitrogen and oxygen atoms in total. The summed E-state index contributed by atoms with van der Waals surface area (Å²) in [6.45, 7) is 6.34. The molecule has 0 radical (unpaired) electrons. The zero-order valence-corrected chi connectivity index (χ0v) is 16.2. The number of aliphatic carboxylic acids is 3. The van der Waals surface area contributed by atoms with Gasteiger partial charge in [0.05, 0.1) is 19.8 Å². The fraction of sp³-hybridized carbons (Fsp3) is 0.500. The van der Waals surface area contributed by atoms with Gasteiger partial charge in [0.2, 0.25) is 0 Å². The van der Waals surface area contributed by atoms with E-state index in [1.165, 1.54) is 18.2 Å². The van der Waals surface area contributed by atoms with Crippen LogP contribution >= 0.6 is 0 Å². The number of aliphatic hydroxyl groups is 3. The van der Waals surface area contributed by atoms with Crippen molar-refractivity contribution in [2.75, 3.05) is 19.8 Å². The predicted octanol–water partition coefficient (Wildman–Crippen LogP) is 1.30. The monoisotopic (exact) mass is 392 g/mol. The van der Waals surface area contributed by atoms with Gasteiger partial charge in [0.15, 0.2) is 0 Å². The Kier molecular flexibility index (Phi) is 28.0. The largest absolute Gasteiger partial charge is 0.478 e. The number of carboxylic acid groups (broad SMARTS) is 3. The predicted molar refractivity (Wildman–Crippen MR) is 101 cm³/mol. The lowest BCUT2D eigenvalue weighted by Crippen LogP contribution is -2.32. The third-order valence-electron chi connectivity index (χ3n) is 2.68. The molecule has 0 spiro atoms. The van der Waals surface area contributed by atoms with Gasteiger partial charge in [-0.25, -0.2) is 14.4 Å². The van der Waals surface area contributed by atoms with Gasteiger partial charge in [0, 0.05) is 23.6 Å². The Bertz CT molecular complexity index is 392. The Morgan fingerprint density at radius 1 is 0.667 bits per heavy atom. The molecule has 0 amide bonds. The average Bonchev–Trinajstić information content (AvgIpc) is 2.59. The Balaban J connectivity index is -0.000000133. The van der Waals surface area contributed by atoms with Crippen molar-refractivity contribution in [3.8, 4) is 0 Å². The van der Waals surface area contributed by atoms with Crippen LogP contribution < -0.4 is 0 Å². The van der Waals surface area contributed by atoms with Gasteiger partial charge >= 0.3 is 17.9 Å². The molecular weight excluding hydrogens is 360 g/mol. The van der Waals surface area contributed by atoms with Gasteiger partial charge in [-0.3, -0.25) is 0 Å². The standard InChI is InChI=1S/C6H14O3.3C4H6O2/c1-2-6(3-7,4-8)5-9;3*1-2-3-4(5)6/h7-9H,2-5H2,1H3;3*2-3H,1H3,(H,5,6)/b;3*3-2+. The molecule has 0 aromatic heterocycles. The van der Waals surface area contributed by atoms with E-state index in [0.29, 0.717) is 6.42 Å². The normalized spacial score (nSPS) is 10.3. The highest BCUT2D eigenvalue weighted by molar-refractivity contribution is 5.80. The zero-order valence-electron chi connectivity index (χ0n) is 16.2. The van der Waals surface area contributed by atoms with Gasteiger partial charge in [-0.15, -0.1) is 0 Å². The lowest BCUT2D eigenvalue weighted by Gasteiger charge is -2.24. The summed E-state index contributed by atoms with van der Waals surface area (Å²) in [6, 6.07) is 0. The summed E-state index contributed by atoms with van der Waals surface area (Å²) in [5.74, 6) is -2.67. The van der Waals surface area contributed by atoms with Crippen molar-refractivity contribution in [3.63, 3.8) is 0 Å². The zero-order chi connectivity index (χ0) is 22.3. The van der Waals surface area contributed by atoms with Crippen LogP contribution in [0.15, 0.2) is 36.5 Å². The van der Waals surface area contributed by atoms with Crippen LogP contribution in [0.1, 0.15) is 34.1 Å². The van der Waals surface area contributed by atoms with E-state index >= 15 is 0 Å². The molecule has 0 aromatic carbocycles. The van der Waals surface area contributed by atoms with E-state index in [1.54, 1.807) is 20.8 Å². The van der Waals surface area contributed by atoms with E-state index < -0.39 is 23.3 Å². The van der Waals surface area contributed by atoms with Crippen molar-refractivity contribution in [3.05, 3.63) is 36.5 Å². The molecule has 0 rings (SSSR count). The number of hydrogen-bond acceptors (Lipinski definition) is 6. The van der Waals surface area contributed by atoms with Gasteiger partial charge in [-0.1, -0.05) is 25.2 Å². The van der Waals surface area contributed by atoms with Gasteiger partial charge in [0.1, 0.15) is 0 Å². The molecule has 0 aliphatic carbocycles. The minimum Gasteiger partial charge on any atom is -0.478 e. The Morgan fingerprint density at radius 3 is 0.889 bits per heavy atom. The summed E-state index contributed by atoms with van der Waals surface area (Å²) in [6.07, 6.45) is 8.27. The summed E-state index contributed by atoms with van der Waals surface area (Å²) in [5, 5.41) is 49.4. The first-order chi connectivity index (χ1) is 12.6. The maximum atomic E-state index is 9.51. The molecule has 0 fully saturated rings. The molecule has 0 aliphatic rings. The van der Waals surface area contributed by atoms with Crippen molar-refractivity contribution in [2.45, 2.75) is 34.1 Å². The minimum atomic E-state index is -0.891. The maximum Gasteiger partial charge on any atom is 0.327 e. The van der Waals surface area contributed by atoms with Crippen LogP contribution in [0.25, 0.3) is 0 Å². The second-order valence-corrected chi connectivity index (χ2v) is 4.84. The third kappa shape index (κ3) is 31.7. The minimum absolute atomic E-state index is 0.156. The molecule has 0 saturated carbocycles. The summed E-state index contributed by atoms with van der Waals surface area (Å²) in [7, 11) is 0. The number of allylic oxidation sites excluding steroid dienone is 3. The van der Waals surface area contributed by atoms with E-state index in [-0.39, 0.29) is 19.8 Å². The third-order valence-corrected chi connectivity index (χ3v) is 2.68. The fourth-order valence-electron chi connectivity index (χ4n) is 0.913. The van der Waals surface area contributed by atoms with Crippen molar-refractivity contribution in [2.24, 2.45) is 5.41 Å². The molecule has 0 heterocycles. The molecule has 0 atom stereocenters. The van der Waals surface area contributed by atoms with Crippen molar-refractivity contribution in [1.82, 2.24) is 0 Å². The fourth-order valence-corrected chi connectivity index (χ4v) is 0.913. The molecule has 0 saturated heterocycles. The van der Waals surface area contributed by atoms with E-state index in [0.717, 1.165) is 18.2 Å². The molecule has 9 heteroatoms. The average molecular weight is 392 g/mol. The molecule has 0 aliphatic heterocycles. The maximum absolute atomic E-state index is 9.51. The number of hydrogen-bond donors (Lipinski definition) is 6. The van der Waals surface area contributed by atoms with E-state index in [2.05, 4.69) is 0 Å². The first-order valence-corrected chi connectivity index (χ1v) is 7.95. The van der Waals surface area contributed by atoms with Crippen LogP contribution in [0, 0.1) is 5.41 Å². The molecule has 6 N–H and O–H groups in total. The first kappa shape index (κ1) is 32.2. The van der Waals surface area contributed by atoms with Gasteiger partial charge in [0.25, 0.3) is 0 Å². The summed E-state index contributed by atoms with van der Waals surface area (Å²) in [4.78, 5) is 28.5. The molecule has 0 unspecified atom stereocenters. The Hall–Kier alpha value is -2.49. The molecular formula is C18H32O9. The molecule has 0 bridgehead atoms. The van der Waals surface area contributed by atoms with Crippen LogP contribution in [0.5, 0.6) is 0 Å². The topological polar surface area (TPSA) is 173 Å². The highest BCUT2D eigenvalue weighted by Gasteiger charge is 2.24. The van der Waals surface area contributed by atoms with Crippen LogP contribution in [-0.4, -0.2) is 68.4 Å². The highest BCUT2D eigenvalue weighted by Crippen LogP contribution is 2.18. The van der Waals surface area contributed by atoms with Gasteiger partial charge < -0.3 is 30.6 Å². The smallest absolute Gasteiger partial charge is 0.327 e. The molecule has 158 valence electrons. The number of carbonyl (C=O) groups is 3. The van der Waals surface area contributed by atoms with E-state index in [4.69, 9.17) is 30.6 Å². The van der Waals surface area contributed by atoms with Crippen LogP contribution in [0.4, 0.5) is 0 Å². The quantitative estimate of drug-likeness (QED) is 0.349. The second-order valence-electron chi connectivity index (χ2n) is 4.84. The SMILES string of the molecule is C/C=C/C(=O)O.C/C=C/C(=O)O.C/C=C/C(=O)O.CCC(CO)(CO)CO. The van der Waals surface area contributed by atoms with Crippen molar-refractivity contribution >= 4 is 17.9 Å². The van der Waals surface area contributed by atoms with Crippen molar-refractivity contribution in [1.29, 1.82) is 0 Å². The van der Waals surface area contributed by atoms with Gasteiger partial charge in [-0.2, -0.15) is 0 Å². The second kappa shape index (κ2) is 23.5. The van der Waals surface area contributed by atoms with E-state index in [1.807, 2.05) is 6.92 Å². The number of carboxylic acids is 3. The van der Waals surface area contributed by atoms with Crippen LogP contribution in [-0.2, 0) is 14.4 Å². The van der Waals surface area contributed by atoms with Crippen molar-refractivity contribution < 1.29 is 45.0 Å². The molecule has 27 heavy (non-hydrogen) atoms. The van der Waals surface area contributed by atoms with E-state index in [9.17, 15) is 14.4 Å².